The van der Waals surface area contributed by atoms with E-state index in [2.05, 4.69) is 34.2 Å². The topological polar surface area (TPSA) is 54.7 Å². The largest absolute Gasteiger partial charge is 0.292 e. The predicted molar refractivity (Wildman–Crippen MR) is 115 cm³/mol. The monoisotopic (exact) mass is 379 g/mol. The number of aliphatic imine (C=N–C) groups is 2. The Hall–Kier alpha value is -3.40. The Balaban J connectivity index is 1.44. The van der Waals surface area contributed by atoms with Gasteiger partial charge in [-0.05, 0) is 48.7 Å². The molecule has 3 aromatic rings. The molecule has 0 unspecified atom stereocenters. The number of aromatic nitrogens is 1. The fraction of sp³-hybridized carbons (Fsp3) is 0.200. The Morgan fingerprint density at radius 2 is 1.72 bits per heavy atom. The Morgan fingerprint density at radius 3 is 2.48 bits per heavy atom. The number of rotatable bonds is 4. The highest BCUT2D eigenvalue weighted by Crippen LogP contribution is 2.34. The molecule has 0 amide bonds. The van der Waals surface area contributed by atoms with Crippen LogP contribution in [-0.4, -0.2) is 22.2 Å². The van der Waals surface area contributed by atoms with E-state index < -0.39 is 0 Å². The number of aryl methyl sites for hydroxylation is 2. The van der Waals surface area contributed by atoms with Gasteiger partial charge in [0.1, 0.15) is 0 Å². The number of nitrogens with zero attached hydrogens (tertiary/aromatic N) is 3. The molecule has 4 heteroatoms. The van der Waals surface area contributed by atoms with E-state index in [4.69, 9.17) is 4.99 Å². The van der Waals surface area contributed by atoms with Crippen molar-refractivity contribution in [3.63, 3.8) is 0 Å². The first-order valence-corrected chi connectivity index (χ1v) is 9.88. The molecular weight excluding hydrogens is 358 g/mol. The molecule has 0 spiro atoms. The number of hydrogen-bond acceptors (Lipinski definition) is 4. The molecular formula is C25H21N3O. The number of Topliss-reactive ketones (excluding diaryl/α,β-unsaturated/α-hetero) is 1. The highest BCUT2D eigenvalue weighted by molar-refractivity contribution is 6.42. The lowest BCUT2D eigenvalue weighted by Crippen LogP contribution is -2.16. The SMILES string of the molecule is Cc1cc(C2=NCc3cc4c(cc32)N=C(C(=O)Cc2ccccc2)C4)cc(C)n1. The van der Waals surface area contributed by atoms with Gasteiger partial charge in [-0.15, -0.1) is 0 Å². The molecule has 0 fully saturated rings. The van der Waals surface area contributed by atoms with Gasteiger partial charge < -0.3 is 0 Å². The summed E-state index contributed by atoms with van der Waals surface area (Å²) in [4.78, 5) is 26.7. The molecule has 4 nitrogen and oxygen atoms in total. The minimum atomic E-state index is 0.0989. The van der Waals surface area contributed by atoms with Crippen LogP contribution in [0.5, 0.6) is 0 Å². The van der Waals surface area contributed by atoms with Gasteiger partial charge in [0, 0.05) is 35.4 Å². The molecule has 0 aliphatic carbocycles. The van der Waals surface area contributed by atoms with E-state index in [9.17, 15) is 4.79 Å². The highest BCUT2D eigenvalue weighted by Gasteiger charge is 2.26. The summed E-state index contributed by atoms with van der Waals surface area (Å²) >= 11 is 0. The zero-order valence-electron chi connectivity index (χ0n) is 16.6. The minimum Gasteiger partial charge on any atom is -0.292 e. The molecule has 1 aromatic heterocycles. The Kier molecular flexibility index (Phi) is 4.20. The third-order valence-electron chi connectivity index (χ3n) is 5.46. The fourth-order valence-electron chi connectivity index (χ4n) is 4.16. The van der Waals surface area contributed by atoms with Crippen molar-refractivity contribution < 1.29 is 4.79 Å². The summed E-state index contributed by atoms with van der Waals surface area (Å²) in [6.07, 6.45) is 1.01. The Labute approximate surface area is 170 Å². The number of pyridine rings is 1. The zero-order chi connectivity index (χ0) is 20.0. The van der Waals surface area contributed by atoms with E-state index in [0.29, 0.717) is 25.1 Å². The summed E-state index contributed by atoms with van der Waals surface area (Å²) in [5.74, 6) is 0.0989. The second-order valence-corrected chi connectivity index (χ2v) is 7.76. The van der Waals surface area contributed by atoms with Gasteiger partial charge in [-0.1, -0.05) is 36.4 Å². The van der Waals surface area contributed by atoms with E-state index in [0.717, 1.165) is 45.0 Å². The van der Waals surface area contributed by atoms with Gasteiger partial charge in [0.25, 0.3) is 0 Å². The molecule has 3 heterocycles. The number of fused-ring (bicyclic) bond motifs is 2. The lowest BCUT2D eigenvalue weighted by atomic mass is 9.95. The lowest BCUT2D eigenvalue weighted by Gasteiger charge is -2.08. The standard InChI is InChI=1S/C25H21N3O/c1-15-8-19(9-16(2)27-15)25-21-13-22-18(11-20(21)14-26-25)12-23(28-22)24(29)10-17-6-4-3-5-7-17/h3-9,11,13H,10,12,14H2,1-2H3. The van der Waals surface area contributed by atoms with Crippen LogP contribution in [0.15, 0.2) is 64.6 Å². The Morgan fingerprint density at radius 1 is 0.966 bits per heavy atom. The Bertz CT molecular complexity index is 1190. The summed E-state index contributed by atoms with van der Waals surface area (Å²) in [5.41, 5.74) is 10.1. The zero-order valence-corrected chi connectivity index (χ0v) is 16.6. The molecule has 2 aliphatic heterocycles. The first kappa shape index (κ1) is 17.7. The van der Waals surface area contributed by atoms with Crippen LogP contribution < -0.4 is 0 Å². The van der Waals surface area contributed by atoms with E-state index in [1.54, 1.807) is 0 Å². The van der Waals surface area contributed by atoms with Gasteiger partial charge in [0.05, 0.1) is 23.7 Å². The van der Waals surface area contributed by atoms with Crippen LogP contribution in [0, 0.1) is 13.8 Å². The highest BCUT2D eigenvalue weighted by atomic mass is 16.1. The molecule has 2 aromatic carbocycles. The summed E-state index contributed by atoms with van der Waals surface area (Å²) < 4.78 is 0. The molecule has 0 atom stereocenters. The molecule has 2 aliphatic rings. The van der Waals surface area contributed by atoms with Crippen LogP contribution in [0.1, 0.15) is 39.2 Å². The van der Waals surface area contributed by atoms with Crippen molar-refractivity contribution in [3.8, 4) is 0 Å². The molecule has 0 saturated heterocycles. The molecule has 29 heavy (non-hydrogen) atoms. The number of benzene rings is 2. The first-order valence-electron chi connectivity index (χ1n) is 9.88. The maximum Gasteiger partial charge on any atom is 0.181 e. The second kappa shape index (κ2) is 6.89. The first-order chi connectivity index (χ1) is 14.1. The van der Waals surface area contributed by atoms with E-state index in [1.165, 1.54) is 5.56 Å². The molecule has 142 valence electrons. The average Bonchev–Trinajstić information content (AvgIpc) is 3.29. The third kappa shape index (κ3) is 3.31. The van der Waals surface area contributed by atoms with Crippen molar-refractivity contribution in [2.75, 3.05) is 0 Å². The van der Waals surface area contributed by atoms with Crippen LogP contribution in [0.3, 0.4) is 0 Å². The summed E-state index contributed by atoms with van der Waals surface area (Å²) in [6, 6.07) is 18.3. The fourth-order valence-corrected chi connectivity index (χ4v) is 4.16. The van der Waals surface area contributed by atoms with Gasteiger partial charge in [-0.25, -0.2) is 4.99 Å². The van der Waals surface area contributed by atoms with Gasteiger partial charge in [-0.2, -0.15) is 0 Å². The molecule has 0 saturated carbocycles. The molecule has 0 radical (unpaired) electrons. The molecule has 0 N–H and O–H groups in total. The van der Waals surface area contributed by atoms with Crippen molar-refractivity contribution in [1.29, 1.82) is 0 Å². The van der Waals surface area contributed by atoms with Crippen molar-refractivity contribution in [2.24, 2.45) is 9.98 Å². The lowest BCUT2D eigenvalue weighted by molar-refractivity contribution is -0.112. The molecule has 0 bridgehead atoms. The van der Waals surface area contributed by atoms with Crippen molar-refractivity contribution >= 4 is 22.9 Å². The second-order valence-electron chi connectivity index (χ2n) is 7.76. The van der Waals surface area contributed by atoms with Crippen molar-refractivity contribution in [1.82, 2.24) is 4.98 Å². The van der Waals surface area contributed by atoms with Crippen LogP contribution in [0.25, 0.3) is 0 Å². The van der Waals surface area contributed by atoms with Crippen LogP contribution >= 0.6 is 0 Å². The maximum absolute atomic E-state index is 12.7. The van der Waals surface area contributed by atoms with E-state index in [-0.39, 0.29) is 5.78 Å². The maximum atomic E-state index is 12.7. The number of ketones is 1. The van der Waals surface area contributed by atoms with Crippen molar-refractivity contribution in [2.45, 2.75) is 33.2 Å². The van der Waals surface area contributed by atoms with E-state index >= 15 is 0 Å². The van der Waals surface area contributed by atoms with Crippen molar-refractivity contribution in [3.05, 3.63) is 93.8 Å². The van der Waals surface area contributed by atoms with Crippen LogP contribution in [0.2, 0.25) is 0 Å². The normalized spacial score (nSPS) is 14.3. The van der Waals surface area contributed by atoms with Gasteiger partial charge in [-0.3, -0.25) is 14.8 Å². The number of carbonyl (C=O) groups is 1. The van der Waals surface area contributed by atoms with Crippen LogP contribution in [-0.2, 0) is 24.2 Å². The van der Waals surface area contributed by atoms with Gasteiger partial charge >= 0.3 is 0 Å². The predicted octanol–water partition coefficient (Wildman–Crippen LogP) is 4.49. The van der Waals surface area contributed by atoms with E-state index in [1.807, 2.05) is 44.2 Å². The van der Waals surface area contributed by atoms with Crippen LogP contribution in [0.4, 0.5) is 5.69 Å². The average molecular weight is 379 g/mol. The quantitative estimate of drug-likeness (QED) is 0.671. The number of carbonyl (C=O) groups excluding carboxylic acids is 1. The third-order valence-corrected chi connectivity index (χ3v) is 5.46. The minimum absolute atomic E-state index is 0.0989. The summed E-state index contributed by atoms with van der Waals surface area (Å²) in [6.45, 7) is 4.68. The smallest absolute Gasteiger partial charge is 0.181 e. The summed E-state index contributed by atoms with van der Waals surface area (Å²) in [7, 11) is 0. The summed E-state index contributed by atoms with van der Waals surface area (Å²) in [5, 5.41) is 0. The number of hydrogen-bond donors (Lipinski definition) is 0. The van der Waals surface area contributed by atoms with Gasteiger partial charge in [0.15, 0.2) is 5.78 Å². The molecule has 5 rings (SSSR count). The van der Waals surface area contributed by atoms with Gasteiger partial charge in [0.2, 0.25) is 0 Å².